The molecule has 0 saturated heterocycles. The number of aryl methyl sites for hydroxylation is 1. The maximum atomic E-state index is 12.8. The van der Waals surface area contributed by atoms with Crippen molar-refractivity contribution >= 4 is 45.0 Å². The number of fused-ring (bicyclic) bond motifs is 2. The topological polar surface area (TPSA) is 93.4 Å². The second-order valence-corrected chi connectivity index (χ2v) is 6.91. The van der Waals surface area contributed by atoms with Crippen molar-refractivity contribution in [2.75, 3.05) is 5.32 Å². The van der Waals surface area contributed by atoms with Crippen LogP contribution in [0.4, 0.5) is 5.69 Å². The summed E-state index contributed by atoms with van der Waals surface area (Å²) in [5, 5.41) is 21.1. The van der Waals surface area contributed by atoms with Gasteiger partial charge in [0.05, 0.1) is 34.1 Å². The smallest absolute Gasteiger partial charge is 0.275 e. The van der Waals surface area contributed by atoms with Gasteiger partial charge in [-0.1, -0.05) is 29.8 Å². The van der Waals surface area contributed by atoms with Crippen LogP contribution in [0.1, 0.15) is 17.4 Å². The molecule has 1 amide bonds. The number of amides is 1. The summed E-state index contributed by atoms with van der Waals surface area (Å²) in [4.78, 5) is 12.8. The summed E-state index contributed by atoms with van der Waals surface area (Å²) >= 11 is 6.16. The number of nitrogens with zero attached hydrogens (tertiary/aromatic N) is 5. The fourth-order valence-electron chi connectivity index (χ4n) is 3.45. The molecule has 29 heavy (non-hydrogen) atoms. The van der Waals surface area contributed by atoms with Crippen LogP contribution in [0.25, 0.3) is 27.6 Å². The van der Waals surface area contributed by atoms with Gasteiger partial charge in [0.1, 0.15) is 5.69 Å². The Morgan fingerprint density at radius 3 is 2.83 bits per heavy atom. The van der Waals surface area contributed by atoms with Gasteiger partial charge in [-0.2, -0.15) is 15.3 Å². The van der Waals surface area contributed by atoms with Gasteiger partial charge in [0, 0.05) is 17.3 Å². The molecule has 8 nitrogen and oxygen atoms in total. The SMILES string of the molecule is CCn1ncc(Cl)c1C(=O)Nc1cccc2c1cnn2-c1n[nH]c2ccccc12. The molecule has 5 rings (SSSR count). The molecule has 9 heteroatoms. The number of halogens is 1. The van der Waals surface area contributed by atoms with E-state index in [1.165, 1.54) is 6.20 Å². The minimum Gasteiger partial charge on any atom is -0.320 e. The summed E-state index contributed by atoms with van der Waals surface area (Å²) in [5.74, 6) is 0.381. The third-order valence-corrected chi connectivity index (χ3v) is 5.10. The van der Waals surface area contributed by atoms with Gasteiger partial charge in [0.25, 0.3) is 5.91 Å². The van der Waals surface area contributed by atoms with Crippen LogP contribution in [0.15, 0.2) is 54.9 Å². The predicted octanol–water partition coefficient (Wildman–Crippen LogP) is 4.02. The van der Waals surface area contributed by atoms with Crippen molar-refractivity contribution in [2.45, 2.75) is 13.5 Å². The average Bonchev–Trinajstić information content (AvgIpc) is 3.44. The quantitative estimate of drug-likeness (QED) is 0.472. The number of rotatable bonds is 4. The molecule has 0 unspecified atom stereocenters. The third-order valence-electron chi connectivity index (χ3n) is 4.82. The van der Waals surface area contributed by atoms with E-state index in [9.17, 15) is 4.79 Å². The molecule has 5 aromatic rings. The monoisotopic (exact) mass is 405 g/mol. The first kappa shape index (κ1) is 17.4. The first-order valence-corrected chi connectivity index (χ1v) is 9.48. The zero-order valence-corrected chi connectivity index (χ0v) is 16.2. The van der Waals surface area contributed by atoms with Gasteiger partial charge >= 0.3 is 0 Å². The molecule has 0 radical (unpaired) electrons. The second-order valence-electron chi connectivity index (χ2n) is 6.50. The first-order valence-electron chi connectivity index (χ1n) is 9.10. The number of H-pyrrole nitrogens is 1. The van der Waals surface area contributed by atoms with Crippen LogP contribution in [0, 0.1) is 0 Å². The van der Waals surface area contributed by atoms with Crippen molar-refractivity contribution < 1.29 is 4.79 Å². The molecular formula is C20H16ClN7O. The number of carbonyl (C=O) groups excluding carboxylic acids is 1. The highest BCUT2D eigenvalue weighted by Crippen LogP contribution is 2.28. The zero-order valence-electron chi connectivity index (χ0n) is 15.4. The fourth-order valence-corrected chi connectivity index (χ4v) is 3.68. The summed E-state index contributed by atoms with van der Waals surface area (Å²) in [6.45, 7) is 2.45. The lowest BCUT2D eigenvalue weighted by Crippen LogP contribution is -2.18. The minimum absolute atomic E-state index is 0.315. The lowest BCUT2D eigenvalue weighted by molar-refractivity contribution is 0.101. The van der Waals surface area contributed by atoms with E-state index >= 15 is 0 Å². The van der Waals surface area contributed by atoms with Crippen molar-refractivity contribution in [3.8, 4) is 5.82 Å². The predicted molar refractivity (Wildman–Crippen MR) is 112 cm³/mol. The summed E-state index contributed by atoms with van der Waals surface area (Å²) in [6.07, 6.45) is 3.19. The second kappa shape index (κ2) is 6.75. The van der Waals surface area contributed by atoms with Crippen molar-refractivity contribution in [3.05, 3.63) is 65.6 Å². The van der Waals surface area contributed by atoms with E-state index in [4.69, 9.17) is 11.6 Å². The van der Waals surface area contributed by atoms with E-state index in [0.29, 0.717) is 28.8 Å². The maximum Gasteiger partial charge on any atom is 0.275 e. The summed E-state index contributed by atoms with van der Waals surface area (Å²) < 4.78 is 3.32. The highest BCUT2D eigenvalue weighted by Gasteiger charge is 2.19. The van der Waals surface area contributed by atoms with E-state index < -0.39 is 0 Å². The molecule has 3 aromatic heterocycles. The van der Waals surface area contributed by atoms with Gasteiger partial charge in [-0.05, 0) is 31.2 Å². The number of carbonyl (C=O) groups is 1. The molecule has 0 aliphatic carbocycles. The zero-order chi connectivity index (χ0) is 20.0. The minimum atomic E-state index is -0.320. The molecule has 0 fully saturated rings. The van der Waals surface area contributed by atoms with Crippen molar-refractivity contribution in [2.24, 2.45) is 0 Å². The lowest BCUT2D eigenvalue weighted by atomic mass is 10.2. The maximum absolute atomic E-state index is 12.8. The molecule has 2 aromatic carbocycles. The highest BCUT2D eigenvalue weighted by molar-refractivity contribution is 6.34. The molecule has 0 atom stereocenters. The number of hydrogen-bond acceptors (Lipinski definition) is 4. The number of anilines is 1. The van der Waals surface area contributed by atoms with E-state index in [1.54, 1.807) is 15.6 Å². The Kier molecular flexibility index (Phi) is 4.06. The van der Waals surface area contributed by atoms with Crippen LogP contribution < -0.4 is 5.32 Å². The fraction of sp³-hybridized carbons (Fsp3) is 0.100. The third kappa shape index (κ3) is 2.76. The number of aromatic amines is 1. The Morgan fingerprint density at radius 1 is 1.10 bits per heavy atom. The lowest BCUT2D eigenvalue weighted by Gasteiger charge is -2.09. The molecule has 0 saturated carbocycles. The molecule has 2 N–H and O–H groups in total. The van der Waals surface area contributed by atoms with E-state index in [0.717, 1.165) is 21.8 Å². The average molecular weight is 406 g/mol. The van der Waals surface area contributed by atoms with E-state index in [1.807, 2.05) is 49.4 Å². The van der Waals surface area contributed by atoms with Gasteiger partial charge in [-0.3, -0.25) is 14.6 Å². The summed E-state index contributed by atoms with van der Waals surface area (Å²) in [7, 11) is 0. The molecule has 0 aliphatic heterocycles. The first-order chi connectivity index (χ1) is 14.2. The van der Waals surface area contributed by atoms with E-state index in [2.05, 4.69) is 25.7 Å². The number of para-hydroxylation sites is 1. The Morgan fingerprint density at radius 2 is 1.97 bits per heavy atom. The molecule has 0 aliphatic rings. The van der Waals surface area contributed by atoms with Gasteiger partial charge in [0.2, 0.25) is 0 Å². The molecule has 144 valence electrons. The Bertz CT molecular complexity index is 1360. The number of hydrogen-bond donors (Lipinski definition) is 2. The van der Waals surface area contributed by atoms with Crippen LogP contribution in [0.3, 0.4) is 0 Å². The number of nitrogens with one attached hydrogen (secondary N) is 2. The van der Waals surface area contributed by atoms with E-state index in [-0.39, 0.29) is 5.91 Å². The molecular weight excluding hydrogens is 390 g/mol. The molecule has 0 spiro atoms. The van der Waals surface area contributed by atoms with Crippen LogP contribution in [0.2, 0.25) is 5.02 Å². The molecule has 3 heterocycles. The van der Waals surface area contributed by atoms with Crippen LogP contribution >= 0.6 is 11.6 Å². The van der Waals surface area contributed by atoms with Gasteiger partial charge in [0.15, 0.2) is 5.82 Å². The van der Waals surface area contributed by atoms with Crippen LogP contribution in [-0.4, -0.2) is 35.7 Å². The number of aromatic nitrogens is 6. The highest BCUT2D eigenvalue weighted by atomic mass is 35.5. The van der Waals surface area contributed by atoms with Crippen molar-refractivity contribution in [1.29, 1.82) is 0 Å². The Hall–Kier alpha value is -3.65. The van der Waals surface area contributed by atoms with Gasteiger partial charge < -0.3 is 5.32 Å². The standard InChI is InChI=1S/C20H16ClN7O/c1-2-27-18(14(21)11-22-27)20(29)24-15-8-5-9-17-13(15)10-23-28(17)19-12-6-3-4-7-16(12)25-26-19/h3-11H,2H2,1H3,(H,24,29)(H,25,26). The van der Waals surface area contributed by atoms with Crippen LogP contribution in [0.5, 0.6) is 0 Å². The van der Waals surface area contributed by atoms with Crippen molar-refractivity contribution in [1.82, 2.24) is 29.8 Å². The normalized spacial score (nSPS) is 11.4. The number of benzene rings is 2. The Balaban J connectivity index is 1.57. The van der Waals surface area contributed by atoms with Gasteiger partial charge in [-0.25, -0.2) is 4.68 Å². The van der Waals surface area contributed by atoms with Crippen LogP contribution in [-0.2, 0) is 6.54 Å². The van der Waals surface area contributed by atoms with Crippen molar-refractivity contribution in [3.63, 3.8) is 0 Å². The Labute approximate surface area is 170 Å². The largest absolute Gasteiger partial charge is 0.320 e. The molecule has 0 bridgehead atoms. The van der Waals surface area contributed by atoms with Gasteiger partial charge in [-0.15, -0.1) is 0 Å². The summed E-state index contributed by atoms with van der Waals surface area (Å²) in [6, 6.07) is 13.5. The summed E-state index contributed by atoms with van der Waals surface area (Å²) in [5.41, 5.74) is 2.73.